The van der Waals surface area contributed by atoms with Gasteiger partial charge in [-0.15, -0.1) is 0 Å². The molecule has 1 saturated heterocycles. The van der Waals surface area contributed by atoms with Gasteiger partial charge >= 0.3 is 11.9 Å². The first-order chi connectivity index (χ1) is 21.4. The summed E-state index contributed by atoms with van der Waals surface area (Å²) in [5.41, 5.74) is -2.32. The number of fused-ring (bicyclic) bond motifs is 7. The van der Waals surface area contributed by atoms with Gasteiger partial charge < -0.3 is 40.1 Å². The van der Waals surface area contributed by atoms with E-state index in [1.807, 2.05) is 0 Å². The van der Waals surface area contributed by atoms with E-state index in [1.165, 1.54) is 0 Å². The van der Waals surface area contributed by atoms with E-state index in [9.17, 15) is 40.2 Å². The number of hydrogen-bond donors (Lipinski definition) is 6. The van der Waals surface area contributed by atoms with Crippen molar-refractivity contribution in [3.8, 4) is 0 Å². The van der Waals surface area contributed by atoms with E-state index in [0.717, 1.165) is 31.3 Å². The lowest BCUT2D eigenvalue weighted by atomic mass is 9.33. The SMILES string of the molecule is C[C@H]1[C@H](C)CC[C@]2(C(=O)O)CC[C@]3(C(=O)O)C(=CC[C@H]4[C@@]5(C)CC[C@H](O[C@@H]6O[C@H](CO)[C@@H](O)[C@H](O)[C@H]6O)C(C)(C)C5CC[C@]43C)[C@H]12. The molecule has 0 aromatic rings. The molecule has 0 aromatic carbocycles. The number of allylic oxidation sites excluding steroid dienone is 1. The summed E-state index contributed by atoms with van der Waals surface area (Å²) >= 11 is 0. The zero-order valence-corrected chi connectivity index (χ0v) is 28.3. The van der Waals surface area contributed by atoms with Crippen LogP contribution in [0.3, 0.4) is 0 Å². The fourth-order valence-corrected chi connectivity index (χ4v) is 12.6. The summed E-state index contributed by atoms with van der Waals surface area (Å²) < 4.78 is 12.1. The lowest BCUT2D eigenvalue weighted by Crippen LogP contribution is -2.68. The van der Waals surface area contributed by atoms with E-state index < -0.39 is 70.9 Å². The van der Waals surface area contributed by atoms with Crippen LogP contribution in [0.5, 0.6) is 0 Å². The monoisotopic (exact) mass is 648 g/mol. The first kappa shape index (κ1) is 34.3. The number of carbonyl (C=O) groups is 2. The van der Waals surface area contributed by atoms with Crippen molar-refractivity contribution in [3.63, 3.8) is 0 Å². The molecule has 46 heavy (non-hydrogen) atoms. The molecule has 5 fully saturated rings. The van der Waals surface area contributed by atoms with E-state index in [4.69, 9.17) is 9.47 Å². The predicted molar refractivity (Wildman–Crippen MR) is 167 cm³/mol. The fourth-order valence-electron chi connectivity index (χ4n) is 12.6. The van der Waals surface area contributed by atoms with Crippen molar-refractivity contribution >= 4 is 11.9 Å². The van der Waals surface area contributed by atoms with Crippen molar-refractivity contribution in [2.75, 3.05) is 6.61 Å². The van der Waals surface area contributed by atoms with Crippen molar-refractivity contribution in [2.45, 2.75) is 136 Å². The molecule has 0 spiro atoms. The summed E-state index contributed by atoms with van der Waals surface area (Å²) in [6.07, 6.45) is 0.942. The minimum atomic E-state index is -1.51. The molecule has 6 rings (SSSR count). The summed E-state index contributed by atoms with van der Waals surface area (Å²) in [6.45, 7) is 12.6. The maximum Gasteiger partial charge on any atom is 0.314 e. The maximum atomic E-state index is 13.8. The van der Waals surface area contributed by atoms with Crippen LogP contribution in [0.1, 0.15) is 99.3 Å². The van der Waals surface area contributed by atoms with Crippen LogP contribution in [0.15, 0.2) is 11.6 Å². The Bertz CT molecular complexity index is 1260. The topological polar surface area (TPSA) is 174 Å². The van der Waals surface area contributed by atoms with E-state index >= 15 is 0 Å². The van der Waals surface area contributed by atoms with Crippen LogP contribution in [0, 0.1) is 56.7 Å². The third-order valence-corrected chi connectivity index (χ3v) is 15.3. The number of aliphatic hydroxyl groups excluding tert-OH is 4. The van der Waals surface area contributed by atoms with Crippen LogP contribution in [-0.4, -0.2) is 86.0 Å². The van der Waals surface area contributed by atoms with Gasteiger partial charge in [0.25, 0.3) is 0 Å². The van der Waals surface area contributed by atoms with Crippen molar-refractivity contribution in [2.24, 2.45) is 56.7 Å². The maximum absolute atomic E-state index is 13.8. The van der Waals surface area contributed by atoms with Crippen molar-refractivity contribution in [3.05, 3.63) is 11.6 Å². The lowest BCUT2D eigenvalue weighted by Gasteiger charge is -2.70. The molecule has 10 nitrogen and oxygen atoms in total. The highest BCUT2D eigenvalue weighted by atomic mass is 16.7. The molecule has 6 aliphatic rings. The third-order valence-electron chi connectivity index (χ3n) is 15.3. The number of hydrogen-bond acceptors (Lipinski definition) is 8. The van der Waals surface area contributed by atoms with Crippen LogP contribution in [0.2, 0.25) is 0 Å². The van der Waals surface area contributed by atoms with Crippen LogP contribution >= 0.6 is 0 Å². The Balaban J connectivity index is 1.34. The molecule has 260 valence electrons. The molecule has 15 atom stereocenters. The number of rotatable bonds is 5. The second-order valence-electron chi connectivity index (χ2n) is 17.2. The minimum absolute atomic E-state index is 0.0692. The highest BCUT2D eigenvalue weighted by Gasteiger charge is 2.73. The van der Waals surface area contributed by atoms with Crippen LogP contribution in [-0.2, 0) is 19.1 Å². The minimum Gasteiger partial charge on any atom is -0.481 e. The molecule has 1 aliphatic heterocycles. The molecule has 10 heteroatoms. The number of aliphatic hydroxyl groups is 4. The van der Waals surface area contributed by atoms with Crippen molar-refractivity contribution < 1.29 is 49.7 Å². The molecule has 5 aliphatic carbocycles. The molecule has 0 radical (unpaired) electrons. The quantitative estimate of drug-likeness (QED) is 0.189. The Kier molecular flexibility index (Phi) is 8.38. The molecular formula is C36H56O10. The standard InChI is InChI=1S/C36H56O10/c1-18-9-14-35(30(41)42)15-16-36(31(43)44)20(25(35)19(18)2)7-8-23-33(5)12-11-24(32(3,4)22(33)10-13-34(23,36)6)46-29-28(40)27(39)26(38)21(17-37)45-29/h7,18-19,21-29,37-40H,8-17H2,1-6H3,(H,41,42)(H,43,44)/t18-,19+,21-,22?,23+,24+,25+,26-,27+,28-,29+,33+,34-,35+,36-/m1/s1. The zero-order chi connectivity index (χ0) is 33.8. The summed E-state index contributed by atoms with van der Waals surface area (Å²) in [6, 6.07) is 0. The summed E-state index contributed by atoms with van der Waals surface area (Å²) in [4.78, 5) is 26.8. The third kappa shape index (κ3) is 4.35. The Hall–Kier alpha value is -1.56. The largest absolute Gasteiger partial charge is 0.481 e. The van der Waals surface area contributed by atoms with Crippen molar-refractivity contribution in [1.82, 2.24) is 0 Å². The van der Waals surface area contributed by atoms with E-state index in [1.54, 1.807) is 0 Å². The first-order valence-corrected chi connectivity index (χ1v) is 17.6. The van der Waals surface area contributed by atoms with Gasteiger partial charge in [0, 0.05) is 0 Å². The van der Waals surface area contributed by atoms with Gasteiger partial charge in [0.2, 0.25) is 0 Å². The average Bonchev–Trinajstić information content (AvgIpc) is 2.99. The molecular weight excluding hydrogens is 592 g/mol. The normalized spacial score (nSPS) is 53.1. The second kappa shape index (κ2) is 11.2. The smallest absolute Gasteiger partial charge is 0.314 e. The van der Waals surface area contributed by atoms with Gasteiger partial charge in [0.1, 0.15) is 24.4 Å². The highest BCUT2D eigenvalue weighted by Crippen LogP contribution is 2.76. The molecule has 0 aromatic heterocycles. The predicted octanol–water partition coefficient (Wildman–Crippen LogP) is 3.98. The fraction of sp³-hybridized carbons (Fsp3) is 0.889. The number of ether oxygens (including phenoxy) is 2. The van der Waals surface area contributed by atoms with Gasteiger partial charge in [-0.3, -0.25) is 9.59 Å². The number of aliphatic carboxylic acids is 2. The Morgan fingerprint density at radius 1 is 0.870 bits per heavy atom. The summed E-state index contributed by atoms with van der Waals surface area (Å²) in [5, 5.41) is 63.0. The van der Waals surface area contributed by atoms with E-state index in [-0.39, 0.29) is 35.2 Å². The van der Waals surface area contributed by atoms with Gasteiger partial charge in [-0.25, -0.2) is 0 Å². The van der Waals surface area contributed by atoms with Crippen LogP contribution in [0.4, 0.5) is 0 Å². The zero-order valence-electron chi connectivity index (χ0n) is 28.3. The van der Waals surface area contributed by atoms with Gasteiger partial charge in [0.15, 0.2) is 6.29 Å². The van der Waals surface area contributed by atoms with Gasteiger partial charge in [-0.1, -0.05) is 53.2 Å². The van der Waals surface area contributed by atoms with Gasteiger partial charge in [-0.05, 0) is 104 Å². The second-order valence-corrected chi connectivity index (χ2v) is 17.2. The molecule has 0 bridgehead atoms. The van der Waals surface area contributed by atoms with Crippen molar-refractivity contribution in [1.29, 1.82) is 0 Å². The number of carboxylic acid groups (broad SMARTS) is 2. The molecule has 4 saturated carbocycles. The van der Waals surface area contributed by atoms with Crippen LogP contribution in [0.25, 0.3) is 0 Å². The highest BCUT2D eigenvalue weighted by molar-refractivity contribution is 5.84. The number of carboxylic acids is 2. The summed E-state index contributed by atoms with van der Waals surface area (Å²) in [5.74, 6) is -1.24. The van der Waals surface area contributed by atoms with E-state index in [0.29, 0.717) is 38.0 Å². The molecule has 1 heterocycles. The Morgan fingerprint density at radius 2 is 1.57 bits per heavy atom. The Labute approximate surface area is 272 Å². The van der Waals surface area contributed by atoms with Gasteiger partial charge in [-0.2, -0.15) is 0 Å². The molecule has 6 N–H and O–H groups in total. The first-order valence-electron chi connectivity index (χ1n) is 17.6. The molecule has 1 unspecified atom stereocenters. The summed E-state index contributed by atoms with van der Waals surface area (Å²) in [7, 11) is 0. The van der Waals surface area contributed by atoms with Gasteiger partial charge in [0.05, 0.1) is 23.5 Å². The Morgan fingerprint density at radius 3 is 2.20 bits per heavy atom. The average molecular weight is 649 g/mol. The van der Waals surface area contributed by atoms with E-state index in [2.05, 4.69) is 47.6 Å². The lowest BCUT2D eigenvalue weighted by molar-refractivity contribution is -0.330. The van der Waals surface area contributed by atoms with Crippen LogP contribution < -0.4 is 0 Å². The molecule has 0 amide bonds.